The number of hydrogen-bond donors (Lipinski definition) is 8. The number of hydrogen-bond acceptors (Lipinski definition) is 10. The predicted octanol–water partition coefficient (Wildman–Crippen LogP) is -2.21. The zero-order chi connectivity index (χ0) is 22.7. The summed E-state index contributed by atoms with van der Waals surface area (Å²) >= 11 is 0. The number of nitrogens with two attached hydrogens (primary N) is 3. The molecule has 1 fully saturated rings. The number of aromatic nitrogens is 4. The minimum atomic E-state index is -1.33. The van der Waals surface area contributed by atoms with Crippen LogP contribution in [0.15, 0.2) is 12.7 Å². The van der Waals surface area contributed by atoms with Crippen LogP contribution < -0.4 is 27.8 Å². The maximum atomic E-state index is 11.0. The van der Waals surface area contributed by atoms with Crippen molar-refractivity contribution in [3.63, 3.8) is 0 Å². The maximum absolute atomic E-state index is 11.0. The van der Waals surface area contributed by atoms with E-state index in [1.165, 1.54) is 17.2 Å². The van der Waals surface area contributed by atoms with Crippen molar-refractivity contribution >= 4 is 29.1 Å². The molecule has 6 atom stereocenters. The Hall–Kier alpha value is -3.27. The summed E-state index contributed by atoms with van der Waals surface area (Å²) < 4.78 is 7.28. The van der Waals surface area contributed by atoms with Gasteiger partial charge < -0.3 is 47.9 Å². The fraction of sp³-hybridized carbons (Fsp3) is 0.562. The van der Waals surface area contributed by atoms with Crippen LogP contribution >= 0.6 is 0 Å². The van der Waals surface area contributed by atoms with Crippen molar-refractivity contribution in [2.24, 2.45) is 11.5 Å². The molecule has 0 aliphatic carbocycles. The average Bonchev–Trinajstić information content (AvgIpc) is 3.23. The average molecular weight is 439 g/mol. The van der Waals surface area contributed by atoms with E-state index in [1.54, 1.807) is 0 Å². The molecular formula is C16H25N9O6. The molecular weight excluding hydrogens is 414 g/mol. The van der Waals surface area contributed by atoms with Crippen LogP contribution in [0.1, 0.15) is 25.5 Å². The summed E-state index contributed by atoms with van der Waals surface area (Å²) in [6.45, 7) is 0. The van der Waals surface area contributed by atoms with Gasteiger partial charge in [-0.05, 0) is 19.3 Å². The van der Waals surface area contributed by atoms with Gasteiger partial charge in [-0.2, -0.15) is 0 Å². The van der Waals surface area contributed by atoms with Crippen LogP contribution in [0, 0.1) is 0 Å². The number of amides is 3. The van der Waals surface area contributed by atoms with Crippen molar-refractivity contribution in [1.29, 1.82) is 0 Å². The van der Waals surface area contributed by atoms with E-state index >= 15 is 0 Å². The molecule has 3 amide bonds. The Morgan fingerprint density at radius 1 is 1.19 bits per heavy atom. The highest BCUT2D eigenvalue weighted by Gasteiger charge is 2.44. The summed E-state index contributed by atoms with van der Waals surface area (Å²) in [5, 5.41) is 34.1. The topological polar surface area (TPSA) is 250 Å². The van der Waals surface area contributed by atoms with E-state index in [0.717, 1.165) is 0 Å². The molecule has 11 N–H and O–H groups in total. The number of nitrogen functional groups attached to an aromatic ring is 1. The number of imidazole rings is 1. The van der Waals surface area contributed by atoms with Crippen molar-refractivity contribution in [2.45, 2.75) is 56.0 Å². The second kappa shape index (κ2) is 9.25. The zero-order valence-corrected chi connectivity index (χ0v) is 16.3. The molecule has 3 rings (SSSR count). The molecule has 15 nitrogen and oxygen atoms in total. The number of carbonyl (C=O) groups is 2. The van der Waals surface area contributed by atoms with Gasteiger partial charge in [0.2, 0.25) is 0 Å². The third-order valence-electron chi connectivity index (χ3n) is 4.97. The zero-order valence-electron chi connectivity index (χ0n) is 16.3. The normalized spacial score (nSPS) is 25.3. The molecule has 2 aromatic heterocycles. The van der Waals surface area contributed by atoms with Gasteiger partial charge in [0.15, 0.2) is 17.7 Å². The maximum Gasteiger partial charge on any atom is 0.406 e. The second-order valence-corrected chi connectivity index (χ2v) is 7.21. The lowest BCUT2D eigenvalue weighted by Crippen LogP contribution is -2.50. The monoisotopic (exact) mass is 439 g/mol. The lowest BCUT2D eigenvalue weighted by atomic mass is 9.99. The minimum absolute atomic E-state index is 0.160. The summed E-state index contributed by atoms with van der Waals surface area (Å²) in [5.41, 5.74) is 17.6. The van der Waals surface area contributed by atoms with Crippen LogP contribution in [0.4, 0.5) is 15.4 Å². The summed E-state index contributed by atoms with van der Waals surface area (Å²) in [4.78, 5) is 33.9. The van der Waals surface area contributed by atoms with Gasteiger partial charge in [0.1, 0.15) is 30.2 Å². The molecule has 0 aromatic carbocycles. The van der Waals surface area contributed by atoms with E-state index in [4.69, 9.17) is 27.0 Å². The third-order valence-corrected chi connectivity index (χ3v) is 4.97. The first-order valence-electron chi connectivity index (χ1n) is 9.43. The van der Waals surface area contributed by atoms with Gasteiger partial charge in [-0.3, -0.25) is 4.57 Å². The molecule has 1 saturated heterocycles. The first-order valence-corrected chi connectivity index (χ1v) is 9.43. The molecule has 31 heavy (non-hydrogen) atoms. The standard InChI is InChI=1S/C16H25N9O6/c17-6(1-2-8(23-15(19)28)24-16(29)30)3-7-10(26)11(27)14(31-7)25-5-22-9-12(18)20-4-21-13(9)25/h4-8,10-11,14,24,26-27H,1-3,17H2,(H,29,30)(H2,18,20,21)(H3,19,23,28)/t6?,7-,8?,10-,11-,14-/m1/s1. The number of urea groups is 1. The number of ether oxygens (including phenoxy) is 1. The molecule has 0 spiro atoms. The van der Waals surface area contributed by atoms with Crippen molar-refractivity contribution in [1.82, 2.24) is 30.2 Å². The van der Waals surface area contributed by atoms with Gasteiger partial charge in [0, 0.05) is 6.04 Å². The van der Waals surface area contributed by atoms with E-state index in [2.05, 4.69) is 25.6 Å². The smallest absolute Gasteiger partial charge is 0.406 e. The predicted molar refractivity (Wildman–Crippen MR) is 105 cm³/mol. The Morgan fingerprint density at radius 2 is 1.94 bits per heavy atom. The van der Waals surface area contributed by atoms with Gasteiger partial charge in [0.05, 0.1) is 12.4 Å². The lowest BCUT2D eigenvalue weighted by Gasteiger charge is -2.22. The SMILES string of the molecule is NC(=O)NC(CCC(N)C[C@H]1O[C@@H](n2cnc3c(N)ncnc32)[C@H](O)[C@@H]1O)NC(=O)O. The number of carbonyl (C=O) groups excluding carboxylic acids is 1. The van der Waals surface area contributed by atoms with E-state index < -0.39 is 48.9 Å². The molecule has 0 bridgehead atoms. The van der Waals surface area contributed by atoms with E-state index in [-0.39, 0.29) is 25.1 Å². The van der Waals surface area contributed by atoms with Gasteiger partial charge >= 0.3 is 12.1 Å². The van der Waals surface area contributed by atoms with Crippen molar-refractivity contribution < 1.29 is 29.6 Å². The Labute approximate surface area is 175 Å². The van der Waals surface area contributed by atoms with E-state index in [1.807, 2.05) is 0 Å². The number of carboxylic acid groups (broad SMARTS) is 1. The number of aliphatic hydroxyl groups excluding tert-OH is 2. The number of primary amides is 1. The number of aliphatic hydroxyl groups is 2. The Balaban J connectivity index is 1.62. The number of nitrogens with one attached hydrogen (secondary N) is 2. The highest BCUT2D eigenvalue weighted by atomic mass is 16.6. The number of anilines is 1. The highest BCUT2D eigenvalue weighted by molar-refractivity contribution is 5.81. The van der Waals surface area contributed by atoms with Crippen molar-refractivity contribution in [3.8, 4) is 0 Å². The van der Waals surface area contributed by atoms with Crippen LogP contribution in [-0.2, 0) is 4.74 Å². The van der Waals surface area contributed by atoms with Crippen LogP contribution in [0.2, 0.25) is 0 Å². The van der Waals surface area contributed by atoms with Crippen LogP contribution in [-0.4, -0.2) is 77.5 Å². The first-order chi connectivity index (χ1) is 14.7. The quantitative estimate of drug-likeness (QED) is 0.205. The first kappa shape index (κ1) is 22.4. The number of nitrogens with zero attached hydrogens (tertiary/aromatic N) is 4. The molecule has 1 aliphatic heterocycles. The molecule has 15 heteroatoms. The number of fused-ring (bicyclic) bond motifs is 1. The highest BCUT2D eigenvalue weighted by Crippen LogP contribution is 2.33. The van der Waals surface area contributed by atoms with Gasteiger partial charge in [-0.15, -0.1) is 0 Å². The summed E-state index contributed by atoms with van der Waals surface area (Å²) in [6, 6.07) is -1.42. The summed E-state index contributed by atoms with van der Waals surface area (Å²) in [7, 11) is 0. The van der Waals surface area contributed by atoms with Gasteiger partial charge in [-0.1, -0.05) is 0 Å². The van der Waals surface area contributed by atoms with Crippen molar-refractivity contribution in [2.75, 3.05) is 5.73 Å². The molecule has 0 saturated carbocycles. The van der Waals surface area contributed by atoms with Gasteiger partial charge in [-0.25, -0.2) is 24.5 Å². The Bertz CT molecular complexity index is 923. The number of rotatable bonds is 8. The largest absolute Gasteiger partial charge is 0.465 e. The Morgan fingerprint density at radius 3 is 2.61 bits per heavy atom. The summed E-state index contributed by atoms with van der Waals surface area (Å²) in [5.74, 6) is 0.171. The summed E-state index contributed by atoms with van der Waals surface area (Å²) in [6.07, 6.45) is -3.29. The van der Waals surface area contributed by atoms with Crippen LogP contribution in [0.3, 0.4) is 0 Å². The third kappa shape index (κ3) is 5.08. The van der Waals surface area contributed by atoms with Crippen LogP contribution in [0.25, 0.3) is 11.2 Å². The second-order valence-electron chi connectivity index (χ2n) is 7.21. The molecule has 1 aliphatic rings. The van der Waals surface area contributed by atoms with Gasteiger partial charge in [0.25, 0.3) is 0 Å². The Kier molecular flexibility index (Phi) is 6.69. The molecule has 170 valence electrons. The lowest BCUT2D eigenvalue weighted by molar-refractivity contribution is -0.0388. The van der Waals surface area contributed by atoms with Crippen molar-refractivity contribution in [3.05, 3.63) is 12.7 Å². The fourth-order valence-corrected chi connectivity index (χ4v) is 3.51. The van der Waals surface area contributed by atoms with E-state index in [0.29, 0.717) is 11.2 Å². The molecule has 2 aromatic rings. The molecule has 3 heterocycles. The minimum Gasteiger partial charge on any atom is -0.465 e. The van der Waals surface area contributed by atoms with Crippen LogP contribution in [0.5, 0.6) is 0 Å². The molecule has 0 radical (unpaired) electrons. The molecule has 2 unspecified atom stereocenters. The fourth-order valence-electron chi connectivity index (χ4n) is 3.51. The van der Waals surface area contributed by atoms with E-state index in [9.17, 15) is 19.8 Å².